The maximum atomic E-state index is 14.7. The van der Waals surface area contributed by atoms with Crippen molar-refractivity contribution in [3.63, 3.8) is 0 Å². The Morgan fingerprint density at radius 3 is 2.37 bits per heavy atom. The summed E-state index contributed by atoms with van der Waals surface area (Å²) in [5, 5.41) is 22.7. The van der Waals surface area contributed by atoms with Gasteiger partial charge in [0.05, 0.1) is 62.4 Å². The standard InChI is InChI=1S/C56H69FN8O9S2/c1-33-42(62-53(71)74-40-12-8-6-9-13-40)24-38(29-58-33)35-16-17-41-45(26-35)76-52(61-41)64-50(69)55(18-19-55)31-72-22-10-7-11-23-73-44-25-36(46-34(2)60-32-75-46)14-15-37(44)28-59-48(67)43-27-39(66)30-65(43)49(68)47(54(3,4)5)63-51(70)56(57)20-21-56/h14-17,24-26,29,32,39-40,43,47,66H,6-13,18-23,27-28,30-31H2,1-5H3,(H,59,67)(H,62,71)(H,63,70)(H,61,64,69)/t39-,43+,47-/m1/s1. The summed E-state index contributed by atoms with van der Waals surface area (Å²) < 4.78 is 33.7. The second-order valence-corrected chi connectivity index (χ2v) is 23.9. The van der Waals surface area contributed by atoms with E-state index in [0.717, 1.165) is 101 Å². The molecular formula is C56H69FN8O9S2. The number of aromatic nitrogens is 3. The van der Waals surface area contributed by atoms with Gasteiger partial charge >= 0.3 is 6.09 Å². The fraction of sp³-hybridized carbons (Fsp3) is 0.536. The van der Waals surface area contributed by atoms with Crippen LogP contribution < -0.4 is 26.0 Å². The highest BCUT2D eigenvalue weighted by atomic mass is 32.1. The Labute approximate surface area is 450 Å². The molecule has 2 aromatic carbocycles. The summed E-state index contributed by atoms with van der Waals surface area (Å²) in [5.74, 6) is -1.36. The van der Waals surface area contributed by atoms with Gasteiger partial charge in [-0.1, -0.05) is 56.7 Å². The molecule has 406 valence electrons. The summed E-state index contributed by atoms with van der Waals surface area (Å²) in [6.07, 6.45) is 9.38. The minimum absolute atomic E-state index is 0.0173. The van der Waals surface area contributed by atoms with E-state index in [-0.39, 0.29) is 44.4 Å². The summed E-state index contributed by atoms with van der Waals surface area (Å²) in [6, 6.07) is 11.5. The van der Waals surface area contributed by atoms with Crippen LogP contribution in [0.4, 0.5) is 20.0 Å². The largest absolute Gasteiger partial charge is 0.493 e. The first kappa shape index (κ1) is 54.7. The Balaban J connectivity index is 0.737. The Hall–Kier alpha value is -6.09. The number of benzene rings is 2. The predicted molar refractivity (Wildman–Crippen MR) is 290 cm³/mol. The fourth-order valence-electron chi connectivity index (χ4n) is 9.77. The highest BCUT2D eigenvalue weighted by Crippen LogP contribution is 2.47. The summed E-state index contributed by atoms with van der Waals surface area (Å²) in [5.41, 5.74) is 4.73. The molecule has 4 aliphatic rings. The van der Waals surface area contributed by atoms with Crippen molar-refractivity contribution in [1.82, 2.24) is 30.5 Å². The molecule has 0 unspecified atom stereocenters. The molecule has 9 rings (SSSR count). The SMILES string of the molecule is Cc1ncc(-c2ccc3nc(NC(=O)C4(COCCCCCOc5cc(-c6scnc6C)ccc5CNC(=O)[C@@H]5C[C@@H](O)CN5C(=O)[C@@H](NC(=O)C5(F)CC5)C(C)(C)C)CC4)sc3c2)cc1NC(=O)OC1CCCCC1. The maximum Gasteiger partial charge on any atom is 0.411 e. The number of anilines is 2. The van der Waals surface area contributed by atoms with Crippen molar-refractivity contribution in [2.45, 2.75) is 155 Å². The average molecular weight is 1080 g/mol. The molecule has 3 saturated carbocycles. The van der Waals surface area contributed by atoms with E-state index in [0.29, 0.717) is 42.1 Å². The smallest absolute Gasteiger partial charge is 0.411 e. The quantitative estimate of drug-likeness (QED) is 0.0434. The number of likely N-dealkylation sites (tertiary alicyclic amines) is 1. The van der Waals surface area contributed by atoms with E-state index in [1.807, 2.05) is 56.3 Å². The highest BCUT2D eigenvalue weighted by molar-refractivity contribution is 7.22. The van der Waals surface area contributed by atoms with Gasteiger partial charge in [-0.15, -0.1) is 11.3 Å². The number of aryl methyl sites for hydroxylation is 2. The van der Waals surface area contributed by atoms with Gasteiger partial charge in [-0.3, -0.25) is 29.5 Å². The molecule has 5 aromatic rings. The zero-order valence-corrected chi connectivity index (χ0v) is 45.6. The third kappa shape index (κ3) is 13.2. The summed E-state index contributed by atoms with van der Waals surface area (Å²) >= 11 is 2.92. The summed E-state index contributed by atoms with van der Waals surface area (Å²) in [4.78, 5) is 82.8. The Kier molecular flexibility index (Phi) is 16.7. The lowest BCUT2D eigenvalue weighted by Gasteiger charge is -2.35. The van der Waals surface area contributed by atoms with Crippen LogP contribution in [0.3, 0.4) is 0 Å². The number of β-amino-alcohol motifs (C(OH)–C–C–N with tert-alkyl or cyclic N) is 1. The zero-order valence-electron chi connectivity index (χ0n) is 43.9. The molecule has 0 bridgehead atoms. The van der Waals surface area contributed by atoms with Crippen molar-refractivity contribution < 1.29 is 47.7 Å². The number of nitrogens with one attached hydrogen (secondary N) is 4. The van der Waals surface area contributed by atoms with Gasteiger partial charge in [0, 0.05) is 43.4 Å². The third-order valence-electron chi connectivity index (χ3n) is 14.9. The van der Waals surface area contributed by atoms with E-state index in [4.69, 9.17) is 19.2 Å². The van der Waals surface area contributed by atoms with Gasteiger partial charge in [-0.25, -0.2) is 19.2 Å². The minimum atomic E-state index is -1.98. The van der Waals surface area contributed by atoms with E-state index in [1.165, 1.54) is 34.0 Å². The van der Waals surface area contributed by atoms with Gasteiger partial charge in [0.15, 0.2) is 10.8 Å². The first-order valence-corrected chi connectivity index (χ1v) is 28.2. The zero-order chi connectivity index (χ0) is 53.8. The second-order valence-electron chi connectivity index (χ2n) is 22.0. The number of halogens is 1. The number of alkyl halides is 1. The monoisotopic (exact) mass is 1080 g/mol. The number of hydrogen-bond acceptors (Lipinski definition) is 14. The number of hydrogen-bond donors (Lipinski definition) is 5. The molecule has 17 nitrogen and oxygen atoms in total. The number of ether oxygens (including phenoxy) is 3. The average Bonchev–Trinajstić information content (AvgIpc) is 4.20. The summed E-state index contributed by atoms with van der Waals surface area (Å²) in [6.45, 7) is 10.3. The van der Waals surface area contributed by atoms with Crippen molar-refractivity contribution >= 4 is 73.4 Å². The van der Waals surface area contributed by atoms with Crippen molar-refractivity contribution in [1.29, 1.82) is 0 Å². The van der Waals surface area contributed by atoms with E-state index in [2.05, 4.69) is 31.2 Å². The number of carbonyl (C=O) groups excluding carboxylic acids is 5. The van der Waals surface area contributed by atoms with E-state index < -0.39 is 58.5 Å². The number of aliphatic hydroxyl groups is 1. The van der Waals surface area contributed by atoms with Gasteiger partial charge in [-0.05, 0) is 125 Å². The van der Waals surface area contributed by atoms with Crippen LogP contribution in [0.25, 0.3) is 31.8 Å². The first-order valence-electron chi connectivity index (χ1n) is 26.5. The molecule has 1 saturated heterocycles. The molecule has 0 radical (unpaired) electrons. The predicted octanol–water partition coefficient (Wildman–Crippen LogP) is 9.58. The van der Waals surface area contributed by atoms with Gasteiger partial charge in [0.25, 0.3) is 5.91 Å². The number of nitrogens with zero attached hydrogens (tertiary/aromatic N) is 4. The van der Waals surface area contributed by atoms with Crippen LogP contribution in [0.1, 0.15) is 121 Å². The fourth-order valence-corrected chi connectivity index (χ4v) is 11.5. The number of fused-ring (bicyclic) bond motifs is 1. The Bertz CT molecular complexity index is 2940. The van der Waals surface area contributed by atoms with Crippen LogP contribution in [-0.2, 0) is 35.2 Å². The van der Waals surface area contributed by atoms with Gasteiger partial charge in [0.2, 0.25) is 17.7 Å². The molecule has 4 fully saturated rings. The molecule has 3 aliphatic carbocycles. The van der Waals surface area contributed by atoms with Crippen LogP contribution in [0, 0.1) is 24.7 Å². The Morgan fingerprint density at radius 1 is 0.882 bits per heavy atom. The molecule has 76 heavy (non-hydrogen) atoms. The third-order valence-corrected chi connectivity index (χ3v) is 16.8. The molecule has 4 heterocycles. The van der Waals surface area contributed by atoms with Gasteiger partial charge in [-0.2, -0.15) is 0 Å². The van der Waals surface area contributed by atoms with E-state index in [1.54, 1.807) is 32.5 Å². The van der Waals surface area contributed by atoms with Crippen molar-refractivity contribution in [2.75, 3.05) is 37.0 Å². The molecule has 0 spiro atoms. The van der Waals surface area contributed by atoms with Crippen LogP contribution >= 0.6 is 22.7 Å². The van der Waals surface area contributed by atoms with Crippen LogP contribution in [0.15, 0.2) is 54.2 Å². The first-order chi connectivity index (χ1) is 36.4. The van der Waals surface area contributed by atoms with Crippen LogP contribution in [-0.4, -0.2) is 111 Å². The molecule has 5 N–H and O–H groups in total. The normalized spacial score (nSPS) is 19.2. The lowest BCUT2D eigenvalue weighted by molar-refractivity contribution is -0.145. The maximum absolute atomic E-state index is 14.7. The number of unbranched alkanes of at least 4 members (excludes halogenated alkanes) is 2. The molecular weight excluding hydrogens is 1010 g/mol. The summed E-state index contributed by atoms with van der Waals surface area (Å²) in [7, 11) is 0. The van der Waals surface area contributed by atoms with E-state index in [9.17, 15) is 33.5 Å². The lowest BCUT2D eigenvalue weighted by atomic mass is 9.85. The highest BCUT2D eigenvalue weighted by Gasteiger charge is 2.54. The number of thiazole rings is 2. The molecule has 20 heteroatoms. The van der Waals surface area contributed by atoms with Crippen LogP contribution in [0.2, 0.25) is 0 Å². The van der Waals surface area contributed by atoms with Crippen molar-refractivity contribution in [3.8, 4) is 27.3 Å². The second kappa shape index (κ2) is 23.3. The van der Waals surface area contributed by atoms with Crippen molar-refractivity contribution in [3.05, 3.63) is 71.1 Å². The van der Waals surface area contributed by atoms with E-state index >= 15 is 0 Å². The minimum Gasteiger partial charge on any atom is -0.493 e. The number of aliphatic hydroxyl groups excluding tert-OH is 1. The lowest BCUT2D eigenvalue weighted by Crippen LogP contribution is -2.59. The van der Waals surface area contributed by atoms with Gasteiger partial charge < -0.3 is 40.2 Å². The molecule has 3 atom stereocenters. The van der Waals surface area contributed by atoms with Crippen molar-refractivity contribution in [2.24, 2.45) is 10.8 Å². The molecule has 3 aromatic heterocycles. The van der Waals surface area contributed by atoms with Crippen LogP contribution in [0.5, 0.6) is 5.75 Å². The molecule has 5 amide bonds. The Morgan fingerprint density at radius 2 is 1.64 bits per heavy atom. The van der Waals surface area contributed by atoms with Gasteiger partial charge in [0.1, 0.15) is 23.9 Å². The topological polar surface area (TPSA) is 223 Å². The number of amides is 5. The number of pyridine rings is 1. The number of rotatable bonds is 21. The number of carbonyl (C=O) groups is 5. The molecule has 1 aliphatic heterocycles.